The Labute approximate surface area is 165 Å². The number of carbonyl (C=O) groups is 2. The number of amides is 1. The molecule has 2 rings (SSSR count). The fourth-order valence-corrected chi connectivity index (χ4v) is 5.54. The zero-order valence-electron chi connectivity index (χ0n) is 15.9. The standard InChI is InChI=1S/C17H24N2O7S2/c1-4-19(14-8-9-27(22,23)11-14)16(20)12(2)26-17(21)13-6-5-7-15(10-13)28(24,25)18-3/h5-7,10,12,14,18H,4,8-9,11H2,1-3H3/t12-,14-/m0/s1. The fraction of sp³-hybridized carbons (Fsp3) is 0.529. The maximum Gasteiger partial charge on any atom is 0.338 e. The second kappa shape index (κ2) is 8.58. The molecule has 1 aliphatic heterocycles. The first kappa shape index (κ1) is 22.3. The Kier molecular flexibility index (Phi) is 6.84. The third-order valence-corrected chi connectivity index (χ3v) is 7.72. The van der Waals surface area contributed by atoms with Crippen LogP contribution >= 0.6 is 0 Å². The lowest BCUT2D eigenvalue weighted by Crippen LogP contribution is -2.46. The molecular weight excluding hydrogens is 408 g/mol. The molecule has 1 N–H and O–H groups in total. The van der Waals surface area contributed by atoms with Crippen LogP contribution < -0.4 is 4.72 Å². The number of likely N-dealkylation sites (N-methyl/N-ethyl adjacent to an activating group) is 1. The van der Waals surface area contributed by atoms with E-state index in [0.717, 1.165) is 6.07 Å². The molecule has 28 heavy (non-hydrogen) atoms. The number of nitrogens with zero attached hydrogens (tertiary/aromatic N) is 1. The summed E-state index contributed by atoms with van der Waals surface area (Å²) in [5, 5.41) is 0. The van der Waals surface area contributed by atoms with Crippen LogP contribution in [0.2, 0.25) is 0 Å². The van der Waals surface area contributed by atoms with E-state index in [4.69, 9.17) is 4.74 Å². The first-order valence-electron chi connectivity index (χ1n) is 8.76. The van der Waals surface area contributed by atoms with Gasteiger partial charge in [-0.3, -0.25) is 4.79 Å². The molecule has 0 saturated carbocycles. The van der Waals surface area contributed by atoms with Crippen molar-refractivity contribution in [1.82, 2.24) is 9.62 Å². The highest BCUT2D eigenvalue weighted by Gasteiger charge is 2.36. The summed E-state index contributed by atoms with van der Waals surface area (Å²) in [7, 11) is -5.64. The summed E-state index contributed by atoms with van der Waals surface area (Å²) in [4.78, 5) is 26.3. The third kappa shape index (κ3) is 5.09. The normalized spacial score (nSPS) is 19.8. The number of hydrogen-bond donors (Lipinski definition) is 1. The maximum atomic E-state index is 12.7. The number of benzene rings is 1. The van der Waals surface area contributed by atoms with Gasteiger partial charge in [-0.25, -0.2) is 26.4 Å². The van der Waals surface area contributed by atoms with Gasteiger partial charge in [0.1, 0.15) is 0 Å². The van der Waals surface area contributed by atoms with Crippen LogP contribution in [-0.2, 0) is 29.4 Å². The van der Waals surface area contributed by atoms with Crippen LogP contribution in [0.3, 0.4) is 0 Å². The van der Waals surface area contributed by atoms with Gasteiger partial charge < -0.3 is 9.64 Å². The van der Waals surface area contributed by atoms with Crippen LogP contribution in [0.1, 0.15) is 30.6 Å². The molecule has 1 saturated heterocycles. The summed E-state index contributed by atoms with van der Waals surface area (Å²) in [6.45, 7) is 3.42. The molecule has 0 spiro atoms. The van der Waals surface area contributed by atoms with Crippen molar-refractivity contribution in [1.29, 1.82) is 0 Å². The molecular formula is C17H24N2O7S2. The minimum atomic E-state index is -3.73. The molecule has 0 aromatic heterocycles. The van der Waals surface area contributed by atoms with Gasteiger partial charge in [-0.05, 0) is 45.5 Å². The molecule has 0 bridgehead atoms. The average molecular weight is 433 g/mol. The zero-order chi connectivity index (χ0) is 21.1. The molecule has 0 aliphatic carbocycles. The number of hydrogen-bond acceptors (Lipinski definition) is 7. The van der Waals surface area contributed by atoms with Gasteiger partial charge in [0.25, 0.3) is 5.91 Å². The number of sulfonamides is 1. The summed E-state index contributed by atoms with van der Waals surface area (Å²) >= 11 is 0. The van der Waals surface area contributed by atoms with Crippen molar-refractivity contribution in [3.63, 3.8) is 0 Å². The van der Waals surface area contributed by atoms with E-state index in [9.17, 15) is 26.4 Å². The van der Waals surface area contributed by atoms with E-state index >= 15 is 0 Å². The lowest BCUT2D eigenvalue weighted by Gasteiger charge is -2.29. The van der Waals surface area contributed by atoms with Crippen molar-refractivity contribution >= 4 is 31.7 Å². The lowest BCUT2D eigenvalue weighted by molar-refractivity contribution is -0.141. The van der Waals surface area contributed by atoms with Crippen molar-refractivity contribution in [2.24, 2.45) is 0 Å². The Bertz CT molecular complexity index is 957. The van der Waals surface area contributed by atoms with Crippen molar-refractivity contribution in [2.75, 3.05) is 25.1 Å². The van der Waals surface area contributed by atoms with E-state index in [1.54, 1.807) is 6.92 Å². The van der Waals surface area contributed by atoms with Gasteiger partial charge >= 0.3 is 5.97 Å². The topological polar surface area (TPSA) is 127 Å². The van der Waals surface area contributed by atoms with Gasteiger partial charge in [-0.15, -0.1) is 0 Å². The molecule has 156 valence electrons. The van der Waals surface area contributed by atoms with Crippen LogP contribution in [0.25, 0.3) is 0 Å². The SMILES string of the molecule is CCN(C(=O)[C@H](C)OC(=O)c1cccc(S(=O)(=O)NC)c1)[C@H]1CCS(=O)(=O)C1. The van der Waals surface area contributed by atoms with Gasteiger partial charge in [0, 0.05) is 12.6 Å². The summed E-state index contributed by atoms with van der Waals surface area (Å²) < 4.78 is 54.4. The van der Waals surface area contributed by atoms with E-state index < -0.39 is 43.9 Å². The fourth-order valence-electron chi connectivity index (χ4n) is 3.04. The number of esters is 1. The van der Waals surface area contributed by atoms with Crippen molar-refractivity contribution in [2.45, 2.75) is 37.3 Å². The number of nitrogens with one attached hydrogen (secondary N) is 1. The molecule has 1 fully saturated rings. The minimum Gasteiger partial charge on any atom is -0.449 e. The van der Waals surface area contributed by atoms with Gasteiger partial charge in [-0.2, -0.15) is 0 Å². The second-order valence-electron chi connectivity index (χ2n) is 6.46. The number of sulfone groups is 1. The Morgan fingerprint density at radius 1 is 1.36 bits per heavy atom. The summed E-state index contributed by atoms with van der Waals surface area (Å²) in [5.41, 5.74) is -0.0116. The molecule has 2 atom stereocenters. The lowest BCUT2D eigenvalue weighted by atomic mass is 10.2. The Morgan fingerprint density at radius 2 is 2.04 bits per heavy atom. The van der Waals surface area contributed by atoms with Gasteiger partial charge in [0.15, 0.2) is 15.9 Å². The second-order valence-corrected chi connectivity index (χ2v) is 10.6. The van der Waals surface area contributed by atoms with Crippen LogP contribution in [0.5, 0.6) is 0 Å². The number of carbonyl (C=O) groups excluding carboxylic acids is 2. The molecule has 0 radical (unpaired) electrons. The monoisotopic (exact) mass is 432 g/mol. The van der Waals surface area contributed by atoms with Crippen molar-refractivity contribution in [3.8, 4) is 0 Å². The highest BCUT2D eigenvalue weighted by Crippen LogP contribution is 2.19. The first-order valence-corrected chi connectivity index (χ1v) is 12.1. The zero-order valence-corrected chi connectivity index (χ0v) is 17.5. The van der Waals surface area contributed by atoms with Crippen LogP contribution in [-0.4, -0.2) is 70.9 Å². The van der Waals surface area contributed by atoms with E-state index in [2.05, 4.69) is 4.72 Å². The van der Waals surface area contributed by atoms with Gasteiger partial charge in [0.05, 0.1) is 22.0 Å². The van der Waals surface area contributed by atoms with E-state index in [0.29, 0.717) is 6.42 Å². The number of rotatable bonds is 7. The Hall–Kier alpha value is -1.98. The molecule has 9 nitrogen and oxygen atoms in total. The number of ether oxygens (including phenoxy) is 1. The molecule has 0 unspecified atom stereocenters. The Balaban J connectivity index is 2.11. The van der Waals surface area contributed by atoms with Gasteiger partial charge in [0.2, 0.25) is 10.0 Å². The third-order valence-electron chi connectivity index (χ3n) is 4.55. The molecule has 1 aliphatic rings. The van der Waals surface area contributed by atoms with Crippen LogP contribution in [0.15, 0.2) is 29.2 Å². The smallest absolute Gasteiger partial charge is 0.338 e. The predicted molar refractivity (Wildman–Crippen MR) is 102 cm³/mol. The predicted octanol–water partition coefficient (Wildman–Crippen LogP) is 0.176. The molecule has 1 aromatic rings. The molecule has 1 heterocycles. The maximum absolute atomic E-state index is 12.7. The molecule has 1 aromatic carbocycles. The van der Waals surface area contributed by atoms with E-state index in [1.807, 2.05) is 0 Å². The van der Waals surface area contributed by atoms with Crippen LogP contribution in [0, 0.1) is 0 Å². The summed E-state index contributed by atoms with van der Waals surface area (Å²) in [5.74, 6) is -1.40. The highest BCUT2D eigenvalue weighted by atomic mass is 32.2. The van der Waals surface area contributed by atoms with E-state index in [-0.39, 0.29) is 28.5 Å². The first-order chi connectivity index (χ1) is 13.0. The van der Waals surface area contributed by atoms with E-state index in [1.165, 1.54) is 37.1 Å². The largest absolute Gasteiger partial charge is 0.449 e. The van der Waals surface area contributed by atoms with Gasteiger partial charge in [-0.1, -0.05) is 6.07 Å². The van der Waals surface area contributed by atoms with Crippen LogP contribution in [0.4, 0.5) is 0 Å². The minimum absolute atomic E-state index is 0.0116. The van der Waals surface area contributed by atoms with Crippen molar-refractivity contribution < 1.29 is 31.2 Å². The Morgan fingerprint density at radius 3 is 2.57 bits per heavy atom. The highest BCUT2D eigenvalue weighted by molar-refractivity contribution is 7.91. The molecule has 1 amide bonds. The summed E-state index contributed by atoms with van der Waals surface area (Å²) in [6, 6.07) is 4.83. The van der Waals surface area contributed by atoms with Crippen molar-refractivity contribution in [3.05, 3.63) is 29.8 Å². The quantitative estimate of drug-likeness (QED) is 0.609. The average Bonchev–Trinajstić information content (AvgIpc) is 3.01. The summed E-state index contributed by atoms with van der Waals surface area (Å²) in [6.07, 6.45) is -0.785. The molecule has 11 heteroatoms.